The van der Waals surface area contributed by atoms with Crippen LogP contribution in [0, 0.1) is 5.82 Å². The van der Waals surface area contributed by atoms with Crippen LogP contribution >= 0.6 is 0 Å². The summed E-state index contributed by atoms with van der Waals surface area (Å²) in [7, 11) is 0. The zero-order valence-electron chi connectivity index (χ0n) is 17.8. The van der Waals surface area contributed by atoms with Crippen molar-refractivity contribution >= 4 is 17.4 Å². The number of carbonyl (C=O) groups is 1. The van der Waals surface area contributed by atoms with Gasteiger partial charge in [0, 0.05) is 24.5 Å². The largest absolute Gasteiger partial charge is 0.493 e. The fourth-order valence-electron chi connectivity index (χ4n) is 3.14. The van der Waals surface area contributed by atoms with Crippen molar-refractivity contribution in [3.63, 3.8) is 0 Å². The van der Waals surface area contributed by atoms with Gasteiger partial charge in [-0.15, -0.1) is 0 Å². The zero-order valence-corrected chi connectivity index (χ0v) is 17.8. The second-order valence-electron chi connectivity index (χ2n) is 6.96. The van der Waals surface area contributed by atoms with Gasteiger partial charge in [0.25, 0.3) is 5.56 Å². The molecule has 174 valence electrons. The van der Waals surface area contributed by atoms with E-state index in [0.717, 1.165) is 12.1 Å². The van der Waals surface area contributed by atoms with Crippen LogP contribution in [0.4, 0.5) is 33.7 Å². The SMILES string of the molecule is CCOc1ccc(NC(=O)Nc2ccc(-c3ccc(=O)n(CC)c3)cc2F)cc1C(F)(F)F. The van der Waals surface area contributed by atoms with E-state index in [1.807, 2.05) is 0 Å². The predicted octanol–water partition coefficient (Wildman–Crippen LogP) is 5.74. The first kappa shape index (κ1) is 23.8. The normalized spacial score (nSPS) is 11.2. The molecule has 0 radical (unpaired) electrons. The first-order valence-electron chi connectivity index (χ1n) is 10.0. The average molecular weight is 463 g/mol. The number of rotatable bonds is 6. The molecule has 2 N–H and O–H groups in total. The van der Waals surface area contributed by atoms with Crippen molar-refractivity contribution in [3.8, 4) is 16.9 Å². The van der Waals surface area contributed by atoms with E-state index < -0.39 is 23.6 Å². The Labute approximate surface area is 186 Å². The standard InChI is InChI=1S/C23H21F4N3O3/c1-3-30-13-15(6-10-21(30)31)14-5-8-19(18(24)11-14)29-22(32)28-16-7-9-20(33-4-2)17(12-16)23(25,26)27/h5-13H,3-4H2,1-2H3,(H2,28,29,32). The number of aromatic nitrogens is 1. The van der Waals surface area contributed by atoms with Crippen LogP contribution in [0.1, 0.15) is 19.4 Å². The molecule has 0 atom stereocenters. The molecule has 0 aliphatic heterocycles. The van der Waals surface area contributed by atoms with Crippen LogP contribution in [-0.2, 0) is 12.7 Å². The molecule has 0 bridgehead atoms. The highest BCUT2D eigenvalue weighted by molar-refractivity contribution is 6.00. The van der Waals surface area contributed by atoms with Gasteiger partial charge in [0.15, 0.2) is 0 Å². The van der Waals surface area contributed by atoms with Gasteiger partial charge in [-0.2, -0.15) is 13.2 Å². The number of ether oxygens (including phenoxy) is 1. The zero-order chi connectivity index (χ0) is 24.2. The highest BCUT2D eigenvalue weighted by atomic mass is 19.4. The average Bonchev–Trinajstić information content (AvgIpc) is 2.76. The van der Waals surface area contributed by atoms with Crippen molar-refractivity contribution in [1.29, 1.82) is 0 Å². The fraction of sp³-hybridized carbons (Fsp3) is 0.217. The predicted molar refractivity (Wildman–Crippen MR) is 117 cm³/mol. The molecule has 0 spiro atoms. The maximum Gasteiger partial charge on any atom is 0.420 e. The molecular formula is C23H21F4N3O3. The maximum atomic E-state index is 14.6. The van der Waals surface area contributed by atoms with Crippen molar-refractivity contribution in [2.24, 2.45) is 0 Å². The Balaban J connectivity index is 1.76. The Morgan fingerprint density at radius 1 is 1.00 bits per heavy atom. The van der Waals surface area contributed by atoms with Gasteiger partial charge < -0.3 is 19.9 Å². The number of carbonyl (C=O) groups excluding carboxylic acids is 1. The van der Waals surface area contributed by atoms with E-state index in [0.29, 0.717) is 17.7 Å². The molecule has 0 saturated carbocycles. The number of pyridine rings is 1. The fourth-order valence-corrected chi connectivity index (χ4v) is 3.14. The number of urea groups is 1. The van der Waals surface area contributed by atoms with Crippen molar-refractivity contribution in [2.75, 3.05) is 17.2 Å². The lowest BCUT2D eigenvalue weighted by molar-refractivity contribution is -0.138. The lowest BCUT2D eigenvalue weighted by Crippen LogP contribution is -2.20. The quantitative estimate of drug-likeness (QED) is 0.458. The Morgan fingerprint density at radius 3 is 2.36 bits per heavy atom. The second-order valence-corrected chi connectivity index (χ2v) is 6.96. The topological polar surface area (TPSA) is 72.4 Å². The molecule has 3 aromatic rings. The molecule has 3 rings (SSSR count). The third kappa shape index (κ3) is 5.71. The van der Waals surface area contributed by atoms with Crippen LogP contribution in [-0.4, -0.2) is 17.2 Å². The minimum atomic E-state index is -4.68. The molecule has 0 aliphatic rings. The van der Waals surface area contributed by atoms with Crippen LogP contribution in [0.2, 0.25) is 0 Å². The van der Waals surface area contributed by atoms with Gasteiger partial charge in [-0.05, 0) is 61.4 Å². The minimum absolute atomic E-state index is 0.0467. The number of hydrogen-bond donors (Lipinski definition) is 2. The van der Waals surface area contributed by atoms with E-state index in [1.54, 1.807) is 32.2 Å². The number of halogens is 4. The summed E-state index contributed by atoms with van der Waals surface area (Å²) in [5.74, 6) is -1.11. The van der Waals surface area contributed by atoms with Crippen LogP contribution in [0.3, 0.4) is 0 Å². The smallest absolute Gasteiger partial charge is 0.420 e. The number of aryl methyl sites for hydroxylation is 1. The summed E-state index contributed by atoms with van der Waals surface area (Å²) in [6, 6.07) is 9.19. The van der Waals surface area contributed by atoms with Gasteiger partial charge >= 0.3 is 12.2 Å². The molecule has 10 heteroatoms. The van der Waals surface area contributed by atoms with Crippen molar-refractivity contribution in [2.45, 2.75) is 26.6 Å². The van der Waals surface area contributed by atoms with Crippen LogP contribution in [0.5, 0.6) is 5.75 Å². The number of benzene rings is 2. The number of anilines is 2. The summed E-state index contributed by atoms with van der Waals surface area (Å²) in [6.45, 7) is 3.86. The van der Waals surface area contributed by atoms with Gasteiger partial charge in [0.2, 0.25) is 0 Å². The molecule has 2 amide bonds. The van der Waals surface area contributed by atoms with E-state index in [-0.39, 0.29) is 29.3 Å². The third-order valence-electron chi connectivity index (χ3n) is 4.72. The molecule has 33 heavy (non-hydrogen) atoms. The van der Waals surface area contributed by atoms with Crippen LogP contribution in [0.15, 0.2) is 59.5 Å². The number of nitrogens with one attached hydrogen (secondary N) is 2. The van der Waals surface area contributed by atoms with E-state index in [1.165, 1.54) is 28.8 Å². The highest BCUT2D eigenvalue weighted by Crippen LogP contribution is 2.38. The molecule has 0 aliphatic carbocycles. The molecule has 2 aromatic carbocycles. The van der Waals surface area contributed by atoms with E-state index >= 15 is 0 Å². The number of hydrogen-bond acceptors (Lipinski definition) is 3. The molecule has 0 fully saturated rings. The lowest BCUT2D eigenvalue weighted by Gasteiger charge is -2.15. The Hall–Kier alpha value is -3.82. The molecular weight excluding hydrogens is 442 g/mol. The maximum absolute atomic E-state index is 14.6. The van der Waals surface area contributed by atoms with E-state index in [2.05, 4.69) is 10.6 Å². The first-order chi connectivity index (χ1) is 15.6. The monoisotopic (exact) mass is 463 g/mol. The summed E-state index contributed by atoms with van der Waals surface area (Å²) in [5, 5.41) is 4.53. The molecule has 0 unspecified atom stereocenters. The Kier molecular flexibility index (Phi) is 7.05. The molecule has 1 aromatic heterocycles. The minimum Gasteiger partial charge on any atom is -0.493 e. The van der Waals surface area contributed by atoms with Crippen molar-refractivity contribution < 1.29 is 27.1 Å². The van der Waals surface area contributed by atoms with Crippen molar-refractivity contribution in [3.05, 3.63) is 76.5 Å². The van der Waals surface area contributed by atoms with Gasteiger partial charge in [-0.3, -0.25) is 4.79 Å². The third-order valence-corrected chi connectivity index (χ3v) is 4.72. The summed E-state index contributed by atoms with van der Waals surface area (Å²) < 4.78 is 60.8. The second kappa shape index (κ2) is 9.76. The van der Waals surface area contributed by atoms with E-state index in [4.69, 9.17) is 4.74 Å². The van der Waals surface area contributed by atoms with Gasteiger partial charge in [-0.25, -0.2) is 9.18 Å². The van der Waals surface area contributed by atoms with E-state index in [9.17, 15) is 27.2 Å². The van der Waals surface area contributed by atoms with Crippen molar-refractivity contribution in [1.82, 2.24) is 4.57 Å². The molecule has 6 nitrogen and oxygen atoms in total. The molecule has 0 saturated heterocycles. The Morgan fingerprint density at radius 2 is 1.73 bits per heavy atom. The summed E-state index contributed by atoms with van der Waals surface area (Å²) >= 11 is 0. The van der Waals surface area contributed by atoms with Gasteiger partial charge in [0.05, 0.1) is 17.9 Å². The summed E-state index contributed by atoms with van der Waals surface area (Å²) in [5.41, 5.74) is -0.419. The number of alkyl halides is 3. The number of amides is 2. The van der Waals surface area contributed by atoms with Gasteiger partial charge in [-0.1, -0.05) is 6.07 Å². The van der Waals surface area contributed by atoms with Crippen LogP contribution < -0.4 is 20.9 Å². The first-order valence-corrected chi connectivity index (χ1v) is 10.0. The number of nitrogens with zero attached hydrogens (tertiary/aromatic N) is 1. The van der Waals surface area contributed by atoms with Gasteiger partial charge in [0.1, 0.15) is 11.6 Å². The summed E-state index contributed by atoms with van der Waals surface area (Å²) in [6.07, 6.45) is -3.08. The van der Waals surface area contributed by atoms with Crippen LogP contribution in [0.25, 0.3) is 11.1 Å². The lowest BCUT2D eigenvalue weighted by atomic mass is 10.1. The molecule has 1 heterocycles. The Bertz CT molecular complexity index is 1220. The summed E-state index contributed by atoms with van der Waals surface area (Å²) in [4.78, 5) is 24.0. The highest BCUT2D eigenvalue weighted by Gasteiger charge is 2.34.